The Labute approximate surface area is 142 Å². The summed E-state index contributed by atoms with van der Waals surface area (Å²) in [7, 11) is 1.93. The zero-order chi connectivity index (χ0) is 16.9. The van der Waals surface area contributed by atoms with E-state index in [9.17, 15) is 4.79 Å². The van der Waals surface area contributed by atoms with Crippen LogP contribution >= 0.6 is 0 Å². The summed E-state index contributed by atoms with van der Waals surface area (Å²) in [6.07, 6.45) is 10.8. The predicted molar refractivity (Wildman–Crippen MR) is 91.6 cm³/mol. The molecule has 2 aromatic heterocycles. The summed E-state index contributed by atoms with van der Waals surface area (Å²) in [5.41, 5.74) is 2.41. The van der Waals surface area contributed by atoms with Crippen molar-refractivity contribution in [1.29, 1.82) is 0 Å². The Morgan fingerprint density at radius 1 is 1.33 bits per heavy atom. The molecule has 7 nitrogen and oxygen atoms in total. The molecule has 24 heavy (non-hydrogen) atoms. The fourth-order valence-electron chi connectivity index (χ4n) is 3.23. The van der Waals surface area contributed by atoms with E-state index in [4.69, 9.17) is 0 Å². The summed E-state index contributed by atoms with van der Waals surface area (Å²) in [4.78, 5) is 14.2. The van der Waals surface area contributed by atoms with Crippen LogP contribution < -0.4 is 5.32 Å². The van der Waals surface area contributed by atoms with Gasteiger partial charge in [-0.05, 0) is 43.2 Å². The number of carbonyl (C=O) groups is 1. The number of hydrogen-bond donors (Lipinski definition) is 1. The topological polar surface area (TPSA) is 68.0 Å². The molecule has 1 saturated heterocycles. The number of amides is 2. The van der Waals surface area contributed by atoms with Gasteiger partial charge in [0.05, 0.1) is 12.4 Å². The molecule has 0 aliphatic carbocycles. The number of likely N-dealkylation sites (tertiary alicyclic amines) is 1. The van der Waals surface area contributed by atoms with Gasteiger partial charge in [-0.1, -0.05) is 0 Å². The van der Waals surface area contributed by atoms with Crippen molar-refractivity contribution in [3.8, 4) is 0 Å². The molecule has 1 N–H and O–H groups in total. The van der Waals surface area contributed by atoms with Gasteiger partial charge in [0.15, 0.2) is 0 Å². The quantitative estimate of drug-likeness (QED) is 0.818. The molecule has 7 heteroatoms. The van der Waals surface area contributed by atoms with Crippen LogP contribution in [0.4, 0.5) is 4.79 Å². The zero-order valence-electron chi connectivity index (χ0n) is 14.5. The van der Waals surface area contributed by atoms with Crippen LogP contribution in [0.2, 0.25) is 0 Å². The summed E-state index contributed by atoms with van der Waals surface area (Å²) in [5, 5.41) is 11.5. The van der Waals surface area contributed by atoms with Crippen molar-refractivity contribution in [1.82, 2.24) is 29.8 Å². The molecule has 1 aliphatic rings. The van der Waals surface area contributed by atoms with Crippen LogP contribution in [0.25, 0.3) is 0 Å². The van der Waals surface area contributed by atoms with E-state index in [-0.39, 0.29) is 6.03 Å². The van der Waals surface area contributed by atoms with Gasteiger partial charge in [-0.3, -0.25) is 9.36 Å². The Hall–Kier alpha value is -2.31. The second kappa shape index (κ2) is 7.51. The van der Waals surface area contributed by atoms with Gasteiger partial charge >= 0.3 is 6.03 Å². The first-order chi connectivity index (χ1) is 11.6. The van der Waals surface area contributed by atoms with E-state index in [1.54, 1.807) is 0 Å². The molecule has 1 unspecified atom stereocenters. The highest BCUT2D eigenvalue weighted by Gasteiger charge is 2.26. The number of aryl methyl sites for hydroxylation is 3. The minimum atomic E-state index is 0.0559. The van der Waals surface area contributed by atoms with Crippen molar-refractivity contribution in [2.45, 2.75) is 32.7 Å². The SMILES string of the molecule is Cc1cnn(CCCNC(=O)N2CCC(Cc3cnn(C)c3)C2)c1. The number of urea groups is 1. The normalized spacial score (nSPS) is 17.4. The first-order valence-corrected chi connectivity index (χ1v) is 8.59. The molecule has 0 aromatic carbocycles. The standard InChI is InChI=1S/C17H26N6O/c1-14-9-20-23(11-14)6-3-5-18-17(24)22-7-4-15(13-22)8-16-10-19-21(2)12-16/h9-12,15H,3-8,13H2,1-2H3,(H,18,24). The van der Waals surface area contributed by atoms with Gasteiger partial charge in [0.25, 0.3) is 0 Å². The maximum absolute atomic E-state index is 12.2. The van der Waals surface area contributed by atoms with Crippen molar-refractivity contribution < 1.29 is 4.79 Å². The molecular formula is C17H26N6O. The molecule has 2 amide bonds. The lowest BCUT2D eigenvalue weighted by Gasteiger charge is -2.17. The maximum Gasteiger partial charge on any atom is 0.317 e. The third kappa shape index (κ3) is 4.37. The molecule has 3 heterocycles. The summed E-state index contributed by atoms with van der Waals surface area (Å²) < 4.78 is 3.75. The van der Waals surface area contributed by atoms with Crippen molar-refractivity contribution in [3.05, 3.63) is 35.9 Å². The second-order valence-electron chi connectivity index (χ2n) is 6.69. The first-order valence-electron chi connectivity index (χ1n) is 8.59. The number of nitrogens with zero attached hydrogens (tertiary/aromatic N) is 5. The van der Waals surface area contributed by atoms with Crippen molar-refractivity contribution in [2.24, 2.45) is 13.0 Å². The molecule has 0 spiro atoms. The third-order valence-corrected chi connectivity index (χ3v) is 4.46. The van der Waals surface area contributed by atoms with E-state index in [0.717, 1.165) is 44.5 Å². The van der Waals surface area contributed by atoms with Gasteiger partial charge in [-0.2, -0.15) is 10.2 Å². The van der Waals surface area contributed by atoms with Gasteiger partial charge in [-0.15, -0.1) is 0 Å². The lowest BCUT2D eigenvalue weighted by atomic mass is 10.0. The Morgan fingerprint density at radius 2 is 2.21 bits per heavy atom. The molecule has 2 aromatic rings. The average molecular weight is 330 g/mol. The van der Waals surface area contributed by atoms with E-state index >= 15 is 0 Å². The molecule has 1 fully saturated rings. The summed E-state index contributed by atoms with van der Waals surface area (Å²) >= 11 is 0. The lowest BCUT2D eigenvalue weighted by Crippen LogP contribution is -2.39. The number of carbonyl (C=O) groups excluding carboxylic acids is 1. The number of rotatable bonds is 6. The van der Waals surface area contributed by atoms with Gasteiger partial charge < -0.3 is 10.2 Å². The molecule has 3 rings (SSSR count). The molecule has 0 saturated carbocycles. The molecule has 1 aliphatic heterocycles. The van der Waals surface area contributed by atoms with Crippen LogP contribution in [0.5, 0.6) is 0 Å². The Bertz CT molecular complexity index is 676. The van der Waals surface area contributed by atoms with Gasteiger partial charge in [0.2, 0.25) is 0 Å². The largest absolute Gasteiger partial charge is 0.338 e. The van der Waals surface area contributed by atoms with Crippen LogP contribution in [-0.4, -0.2) is 50.1 Å². The Kier molecular flexibility index (Phi) is 5.17. The highest BCUT2D eigenvalue weighted by Crippen LogP contribution is 2.20. The average Bonchev–Trinajstić information content (AvgIpc) is 3.27. The minimum Gasteiger partial charge on any atom is -0.338 e. The summed E-state index contributed by atoms with van der Waals surface area (Å²) in [6, 6.07) is 0.0559. The Morgan fingerprint density at radius 3 is 2.92 bits per heavy atom. The van der Waals surface area contributed by atoms with E-state index in [2.05, 4.69) is 21.7 Å². The van der Waals surface area contributed by atoms with Crippen molar-refractivity contribution in [3.63, 3.8) is 0 Å². The maximum atomic E-state index is 12.2. The van der Waals surface area contributed by atoms with Crippen LogP contribution in [0.15, 0.2) is 24.8 Å². The van der Waals surface area contributed by atoms with E-state index < -0.39 is 0 Å². The lowest BCUT2D eigenvalue weighted by molar-refractivity contribution is 0.206. The van der Waals surface area contributed by atoms with Crippen LogP contribution in [-0.2, 0) is 20.0 Å². The van der Waals surface area contributed by atoms with E-state index in [1.165, 1.54) is 5.56 Å². The summed E-state index contributed by atoms with van der Waals surface area (Å²) in [6.45, 7) is 5.22. The molecule has 130 valence electrons. The van der Waals surface area contributed by atoms with E-state index in [0.29, 0.717) is 12.5 Å². The van der Waals surface area contributed by atoms with Crippen LogP contribution in [0, 0.1) is 12.8 Å². The van der Waals surface area contributed by atoms with Gasteiger partial charge in [-0.25, -0.2) is 4.79 Å². The number of hydrogen-bond acceptors (Lipinski definition) is 3. The molecular weight excluding hydrogens is 304 g/mol. The van der Waals surface area contributed by atoms with E-state index in [1.807, 2.05) is 46.8 Å². The van der Waals surface area contributed by atoms with Gasteiger partial charge in [0, 0.05) is 45.6 Å². The highest BCUT2D eigenvalue weighted by molar-refractivity contribution is 5.74. The van der Waals surface area contributed by atoms with Crippen LogP contribution in [0.1, 0.15) is 24.0 Å². The fraction of sp³-hybridized carbons (Fsp3) is 0.588. The molecule has 0 bridgehead atoms. The third-order valence-electron chi connectivity index (χ3n) is 4.46. The van der Waals surface area contributed by atoms with Crippen molar-refractivity contribution in [2.75, 3.05) is 19.6 Å². The fourth-order valence-corrected chi connectivity index (χ4v) is 3.23. The first kappa shape index (κ1) is 16.5. The predicted octanol–water partition coefficient (Wildman–Crippen LogP) is 1.59. The number of nitrogens with one attached hydrogen (secondary N) is 1. The smallest absolute Gasteiger partial charge is 0.317 e. The molecule has 1 atom stereocenters. The molecule has 0 radical (unpaired) electrons. The summed E-state index contributed by atoms with van der Waals surface area (Å²) in [5.74, 6) is 0.534. The second-order valence-corrected chi connectivity index (χ2v) is 6.69. The highest BCUT2D eigenvalue weighted by atomic mass is 16.2. The monoisotopic (exact) mass is 330 g/mol. The number of aromatic nitrogens is 4. The zero-order valence-corrected chi connectivity index (χ0v) is 14.5. The van der Waals surface area contributed by atoms with Crippen molar-refractivity contribution >= 4 is 6.03 Å². The van der Waals surface area contributed by atoms with Gasteiger partial charge in [0.1, 0.15) is 0 Å². The van der Waals surface area contributed by atoms with Crippen LogP contribution in [0.3, 0.4) is 0 Å². The minimum absolute atomic E-state index is 0.0559. The Balaban J connectivity index is 1.35.